The number of nitrogens with zero attached hydrogens (tertiary/aromatic N) is 2. The fourth-order valence-corrected chi connectivity index (χ4v) is 2.22. The van der Waals surface area contributed by atoms with Gasteiger partial charge in [0.2, 0.25) is 0 Å². The molecule has 0 radical (unpaired) electrons. The fraction of sp³-hybridized carbons (Fsp3) is 0.118. The van der Waals surface area contributed by atoms with E-state index in [-0.39, 0.29) is 11.6 Å². The number of aromatic amines is 1. The van der Waals surface area contributed by atoms with Crippen LogP contribution in [0.15, 0.2) is 65.7 Å². The molecule has 2 heterocycles. The molecule has 1 aromatic carbocycles. The highest BCUT2D eigenvalue weighted by Crippen LogP contribution is 2.20. The lowest BCUT2D eigenvalue weighted by Gasteiger charge is -2.15. The van der Waals surface area contributed by atoms with Gasteiger partial charge in [-0.15, -0.1) is 0 Å². The Hall–Kier alpha value is -2.95. The monoisotopic (exact) mass is 292 g/mol. The Morgan fingerprint density at radius 3 is 2.59 bits per heavy atom. The van der Waals surface area contributed by atoms with Crippen LogP contribution in [-0.4, -0.2) is 15.0 Å². The molecule has 5 nitrogen and oxygen atoms in total. The summed E-state index contributed by atoms with van der Waals surface area (Å²) in [6, 6.07) is 15.4. The predicted molar refractivity (Wildman–Crippen MR) is 86.6 cm³/mol. The molecule has 1 atom stereocenters. The Morgan fingerprint density at radius 2 is 1.82 bits per heavy atom. The maximum Gasteiger partial charge on any atom is 0.251 e. The number of hydrogen-bond acceptors (Lipinski definition) is 4. The predicted octanol–water partition coefficient (Wildman–Crippen LogP) is 3.01. The zero-order valence-corrected chi connectivity index (χ0v) is 12.2. The summed E-state index contributed by atoms with van der Waals surface area (Å²) in [4.78, 5) is 22.6. The summed E-state index contributed by atoms with van der Waals surface area (Å²) >= 11 is 0. The van der Waals surface area contributed by atoms with Gasteiger partial charge in [0.25, 0.3) is 5.56 Å². The van der Waals surface area contributed by atoms with Gasteiger partial charge in [-0.05, 0) is 24.6 Å². The molecule has 0 saturated carbocycles. The number of rotatable bonds is 4. The minimum absolute atomic E-state index is 0.131. The molecule has 5 heteroatoms. The Balaban J connectivity index is 1.84. The SMILES string of the molecule is C[C@H](Nc1cc(-c2nccc(=O)[nH]2)ccn1)c1ccccc1. The number of hydrogen-bond donors (Lipinski definition) is 2. The maximum absolute atomic E-state index is 11.4. The van der Waals surface area contributed by atoms with E-state index in [1.807, 2.05) is 30.3 Å². The molecule has 0 fully saturated rings. The summed E-state index contributed by atoms with van der Waals surface area (Å²) in [5, 5.41) is 3.35. The van der Waals surface area contributed by atoms with E-state index in [9.17, 15) is 4.79 Å². The average Bonchev–Trinajstić information content (AvgIpc) is 2.56. The van der Waals surface area contributed by atoms with E-state index >= 15 is 0 Å². The van der Waals surface area contributed by atoms with Crippen molar-refractivity contribution in [3.63, 3.8) is 0 Å². The topological polar surface area (TPSA) is 70.7 Å². The third-order valence-electron chi connectivity index (χ3n) is 3.37. The van der Waals surface area contributed by atoms with Crippen molar-refractivity contribution in [3.8, 4) is 11.4 Å². The largest absolute Gasteiger partial charge is 0.364 e. The normalized spacial score (nSPS) is 11.9. The molecule has 0 unspecified atom stereocenters. The van der Waals surface area contributed by atoms with Crippen molar-refractivity contribution < 1.29 is 0 Å². The summed E-state index contributed by atoms with van der Waals surface area (Å²) in [7, 11) is 0. The molecule has 110 valence electrons. The van der Waals surface area contributed by atoms with E-state index < -0.39 is 0 Å². The van der Waals surface area contributed by atoms with Crippen LogP contribution in [0.25, 0.3) is 11.4 Å². The summed E-state index contributed by atoms with van der Waals surface area (Å²) in [5.41, 5.74) is 1.82. The molecular weight excluding hydrogens is 276 g/mol. The Labute approximate surface area is 128 Å². The van der Waals surface area contributed by atoms with Gasteiger partial charge in [-0.1, -0.05) is 30.3 Å². The van der Waals surface area contributed by atoms with Crippen LogP contribution in [0.2, 0.25) is 0 Å². The van der Waals surface area contributed by atoms with Gasteiger partial charge < -0.3 is 10.3 Å². The van der Waals surface area contributed by atoms with Crippen LogP contribution >= 0.6 is 0 Å². The molecule has 0 amide bonds. The van der Waals surface area contributed by atoms with Gasteiger partial charge in [0.05, 0.1) is 0 Å². The molecule has 3 rings (SSSR count). The zero-order chi connectivity index (χ0) is 15.4. The number of anilines is 1. The lowest BCUT2D eigenvalue weighted by atomic mass is 10.1. The Bertz CT molecular complexity index is 814. The first kappa shape index (κ1) is 14.0. The second-order valence-electron chi connectivity index (χ2n) is 4.99. The zero-order valence-electron chi connectivity index (χ0n) is 12.2. The summed E-state index contributed by atoms with van der Waals surface area (Å²) in [6.07, 6.45) is 3.19. The third-order valence-corrected chi connectivity index (χ3v) is 3.37. The second kappa shape index (κ2) is 6.22. The van der Waals surface area contributed by atoms with Crippen molar-refractivity contribution in [2.45, 2.75) is 13.0 Å². The Morgan fingerprint density at radius 1 is 1.05 bits per heavy atom. The van der Waals surface area contributed by atoms with Gasteiger partial charge in [-0.2, -0.15) is 0 Å². The minimum Gasteiger partial charge on any atom is -0.364 e. The van der Waals surface area contributed by atoms with Crippen LogP contribution in [0.3, 0.4) is 0 Å². The van der Waals surface area contributed by atoms with E-state index in [0.717, 1.165) is 11.4 Å². The highest BCUT2D eigenvalue weighted by atomic mass is 16.1. The lowest BCUT2D eigenvalue weighted by molar-refractivity contribution is 0.875. The number of nitrogens with one attached hydrogen (secondary N) is 2. The first-order valence-corrected chi connectivity index (χ1v) is 7.05. The molecule has 2 aromatic heterocycles. The standard InChI is InChI=1S/C17H16N4O/c1-12(13-5-3-2-4-6-13)20-15-11-14(7-9-18-15)17-19-10-8-16(22)21-17/h2-12H,1H3,(H,18,20)(H,19,21,22)/t12-/m0/s1. The van der Waals surface area contributed by atoms with Crippen LogP contribution < -0.4 is 10.9 Å². The van der Waals surface area contributed by atoms with Crippen LogP contribution in [0.5, 0.6) is 0 Å². The van der Waals surface area contributed by atoms with Crippen molar-refractivity contribution in [1.29, 1.82) is 0 Å². The summed E-state index contributed by atoms with van der Waals surface area (Å²) < 4.78 is 0. The molecule has 0 spiro atoms. The maximum atomic E-state index is 11.4. The molecule has 0 aliphatic rings. The molecule has 0 bridgehead atoms. The van der Waals surface area contributed by atoms with E-state index in [1.54, 1.807) is 6.20 Å². The van der Waals surface area contributed by atoms with Gasteiger partial charge in [-0.3, -0.25) is 4.79 Å². The fourth-order valence-electron chi connectivity index (χ4n) is 2.22. The molecular formula is C17H16N4O. The smallest absolute Gasteiger partial charge is 0.251 e. The van der Waals surface area contributed by atoms with Crippen LogP contribution in [0, 0.1) is 0 Å². The number of benzene rings is 1. The molecule has 0 saturated heterocycles. The van der Waals surface area contributed by atoms with Crippen molar-refractivity contribution in [3.05, 3.63) is 76.8 Å². The van der Waals surface area contributed by atoms with Crippen LogP contribution in [-0.2, 0) is 0 Å². The van der Waals surface area contributed by atoms with E-state index in [2.05, 4.69) is 39.3 Å². The number of H-pyrrole nitrogens is 1. The van der Waals surface area contributed by atoms with Crippen LogP contribution in [0.4, 0.5) is 5.82 Å². The van der Waals surface area contributed by atoms with Crippen molar-refractivity contribution >= 4 is 5.82 Å². The minimum atomic E-state index is -0.172. The van der Waals surface area contributed by atoms with E-state index in [4.69, 9.17) is 0 Å². The van der Waals surface area contributed by atoms with E-state index in [1.165, 1.54) is 17.8 Å². The van der Waals surface area contributed by atoms with Crippen molar-refractivity contribution in [2.75, 3.05) is 5.32 Å². The summed E-state index contributed by atoms with van der Waals surface area (Å²) in [5.74, 6) is 1.27. The molecule has 0 aliphatic heterocycles. The summed E-state index contributed by atoms with van der Waals surface area (Å²) in [6.45, 7) is 2.08. The van der Waals surface area contributed by atoms with Crippen molar-refractivity contribution in [2.24, 2.45) is 0 Å². The molecule has 22 heavy (non-hydrogen) atoms. The third kappa shape index (κ3) is 3.20. The highest BCUT2D eigenvalue weighted by Gasteiger charge is 2.07. The molecule has 3 aromatic rings. The quantitative estimate of drug-likeness (QED) is 0.775. The number of pyridine rings is 1. The molecule has 0 aliphatic carbocycles. The lowest BCUT2D eigenvalue weighted by Crippen LogP contribution is -2.09. The first-order chi connectivity index (χ1) is 10.7. The molecule has 2 N–H and O–H groups in total. The van der Waals surface area contributed by atoms with Gasteiger partial charge in [-0.25, -0.2) is 9.97 Å². The second-order valence-corrected chi connectivity index (χ2v) is 4.99. The van der Waals surface area contributed by atoms with Crippen LogP contribution in [0.1, 0.15) is 18.5 Å². The highest BCUT2D eigenvalue weighted by molar-refractivity contribution is 5.59. The van der Waals surface area contributed by atoms with Gasteiger partial charge >= 0.3 is 0 Å². The van der Waals surface area contributed by atoms with E-state index in [0.29, 0.717) is 5.82 Å². The Kier molecular flexibility index (Phi) is 3.96. The van der Waals surface area contributed by atoms with Gasteiger partial charge in [0.1, 0.15) is 11.6 Å². The first-order valence-electron chi connectivity index (χ1n) is 7.05. The van der Waals surface area contributed by atoms with Gasteiger partial charge in [0, 0.05) is 30.1 Å². The van der Waals surface area contributed by atoms with Crippen molar-refractivity contribution in [1.82, 2.24) is 15.0 Å². The number of aromatic nitrogens is 3. The van der Waals surface area contributed by atoms with Gasteiger partial charge in [0.15, 0.2) is 0 Å². The average molecular weight is 292 g/mol.